The van der Waals surface area contributed by atoms with Crippen molar-refractivity contribution in [1.82, 2.24) is 0 Å². The number of hydrogen-bond donors (Lipinski definition) is 1. The molecule has 1 heterocycles. The van der Waals surface area contributed by atoms with E-state index in [1.54, 1.807) is 17.4 Å². The fraction of sp³-hybridized carbons (Fsp3) is 0.200. The van der Waals surface area contributed by atoms with Crippen LogP contribution in [-0.2, 0) is 22.5 Å². The van der Waals surface area contributed by atoms with Crippen molar-refractivity contribution in [2.45, 2.75) is 13.0 Å². The van der Waals surface area contributed by atoms with Crippen LogP contribution in [0.3, 0.4) is 0 Å². The average molecular weight is 365 g/mol. The number of esters is 1. The Morgan fingerprint density at radius 3 is 2.86 bits per heavy atom. The highest BCUT2D eigenvalue weighted by atomic mass is 79.9. The first-order valence-corrected chi connectivity index (χ1v) is 7.81. The van der Waals surface area contributed by atoms with Crippen LogP contribution in [0.4, 0.5) is 5.69 Å². The third kappa shape index (κ3) is 4.31. The van der Waals surface area contributed by atoms with Gasteiger partial charge in [-0.2, -0.15) is 5.26 Å². The Morgan fingerprint density at radius 1 is 1.38 bits per heavy atom. The zero-order valence-corrected chi connectivity index (χ0v) is 13.8. The first kappa shape index (κ1) is 15.5. The van der Waals surface area contributed by atoms with E-state index in [-0.39, 0.29) is 5.97 Å². The van der Waals surface area contributed by atoms with Gasteiger partial charge in [0.1, 0.15) is 6.07 Å². The van der Waals surface area contributed by atoms with Crippen molar-refractivity contribution in [2.75, 3.05) is 12.4 Å². The number of benzene rings is 1. The molecule has 0 aliphatic rings. The molecule has 0 amide bonds. The molecular weight excluding hydrogens is 352 g/mol. The molecule has 0 aliphatic heterocycles. The van der Waals surface area contributed by atoms with Crippen LogP contribution in [-0.4, -0.2) is 13.1 Å². The van der Waals surface area contributed by atoms with Crippen LogP contribution in [0.5, 0.6) is 0 Å². The number of thiophene rings is 1. The molecule has 1 aromatic carbocycles. The SMILES string of the molecule is COC(=O)Cc1ccc(CNc2cc(Br)ccc2C#N)s1. The van der Waals surface area contributed by atoms with Gasteiger partial charge < -0.3 is 10.1 Å². The van der Waals surface area contributed by atoms with E-state index in [0.29, 0.717) is 18.5 Å². The van der Waals surface area contributed by atoms with Crippen molar-refractivity contribution in [3.63, 3.8) is 0 Å². The van der Waals surface area contributed by atoms with Crippen molar-refractivity contribution >= 4 is 38.9 Å². The maximum Gasteiger partial charge on any atom is 0.310 e. The quantitative estimate of drug-likeness (QED) is 0.821. The molecule has 0 bridgehead atoms. The maximum absolute atomic E-state index is 11.2. The van der Waals surface area contributed by atoms with Gasteiger partial charge in [-0.25, -0.2) is 0 Å². The third-order valence-corrected chi connectivity index (χ3v) is 4.40. The Bertz CT molecular complexity index is 691. The minimum Gasteiger partial charge on any atom is -0.469 e. The molecular formula is C15H13BrN2O2S. The van der Waals surface area contributed by atoms with Crippen LogP contribution in [0, 0.1) is 11.3 Å². The lowest BCUT2D eigenvalue weighted by atomic mass is 10.2. The van der Waals surface area contributed by atoms with Crippen LogP contribution in [0.1, 0.15) is 15.3 Å². The summed E-state index contributed by atoms with van der Waals surface area (Å²) in [6.45, 7) is 0.608. The molecule has 0 unspecified atom stereocenters. The number of halogens is 1. The van der Waals surface area contributed by atoms with Crippen molar-refractivity contribution < 1.29 is 9.53 Å². The minimum atomic E-state index is -0.241. The Hall–Kier alpha value is -1.84. The zero-order valence-electron chi connectivity index (χ0n) is 11.4. The molecule has 0 aliphatic carbocycles. The molecule has 0 spiro atoms. The number of rotatable bonds is 5. The Labute approximate surface area is 135 Å². The first-order valence-electron chi connectivity index (χ1n) is 6.20. The molecule has 0 fully saturated rings. The Morgan fingerprint density at radius 2 is 2.14 bits per heavy atom. The normalized spacial score (nSPS) is 9.95. The van der Waals surface area contributed by atoms with Gasteiger partial charge in [0.25, 0.3) is 0 Å². The monoisotopic (exact) mass is 364 g/mol. The van der Waals surface area contributed by atoms with Crippen LogP contribution in [0.2, 0.25) is 0 Å². The highest BCUT2D eigenvalue weighted by Gasteiger charge is 2.07. The van der Waals surface area contributed by atoms with E-state index in [9.17, 15) is 4.79 Å². The molecule has 0 atom stereocenters. The molecule has 1 N–H and O–H groups in total. The lowest BCUT2D eigenvalue weighted by Crippen LogP contribution is -2.02. The van der Waals surface area contributed by atoms with Gasteiger partial charge in [0, 0.05) is 20.8 Å². The van der Waals surface area contributed by atoms with Crippen molar-refractivity contribution in [3.05, 3.63) is 50.1 Å². The van der Waals surface area contributed by atoms with Crippen molar-refractivity contribution in [3.8, 4) is 6.07 Å². The largest absolute Gasteiger partial charge is 0.469 e. The number of carbonyl (C=O) groups excluding carboxylic acids is 1. The van der Waals surface area contributed by atoms with E-state index in [1.165, 1.54) is 7.11 Å². The molecule has 2 rings (SSSR count). The molecule has 108 valence electrons. The van der Waals surface area contributed by atoms with E-state index >= 15 is 0 Å². The summed E-state index contributed by atoms with van der Waals surface area (Å²) < 4.78 is 5.57. The number of nitrogens with zero attached hydrogens (tertiary/aromatic N) is 1. The number of carbonyl (C=O) groups is 1. The average Bonchev–Trinajstić information content (AvgIpc) is 2.92. The van der Waals surface area contributed by atoms with Gasteiger partial charge in [-0.05, 0) is 30.3 Å². The summed E-state index contributed by atoms with van der Waals surface area (Å²) in [5, 5.41) is 12.3. The first-order chi connectivity index (χ1) is 10.1. The third-order valence-electron chi connectivity index (χ3n) is 2.82. The van der Waals surface area contributed by atoms with E-state index in [4.69, 9.17) is 5.26 Å². The molecule has 4 nitrogen and oxygen atoms in total. The number of methoxy groups -OCH3 is 1. The number of nitrogens with one attached hydrogen (secondary N) is 1. The van der Waals surface area contributed by atoms with E-state index in [0.717, 1.165) is 19.9 Å². The van der Waals surface area contributed by atoms with Crippen LogP contribution < -0.4 is 5.32 Å². The van der Waals surface area contributed by atoms with Gasteiger partial charge in [-0.1, -0.05) is 15.9 Å². The molecule has 0 saturated carbocycles. The predicted molar refractivity (Wildman–Crippen MR) is 86.2 cm³/mol. The molecule has 21 heavy (non-hydrogen) atoms. The summed E-state index contributed by atoms with van der Waals surface area (Å²) in [7, 11) is 1.38. The van der Waals surface area contributed by atoms with Gasteiger partial charge in [0.15, 0.2) is 0 Å². The smallest absolute Gasteiger partial charge is 0.310 e. The summed E-state index contributed by atoms with van der Waals surface area (Å²) in [5.41, 5.74) is 1.39. The molecule has 0 radical (unpaired) electrons. The van der Waals surface area contributed by atoms with Crippen molar-refractivity contribution in [2.24, 2.45) is 0 Å². The number of ether oxygens (including phenoxy) is 1. The number of anilines is 1. The van der Waals surface area contributed by atoms with E-state index < -0.39 is 0 Å². The summed E-state index contributed by atoms with van der Waals surface area (Å²) >= 11 is 4.95. The topological polar surface area (TPSA) is 62.1 Å². The predicted octanol–water partition coefficient (Wildman–Crippen LogP) is 3.71. The highest BCUT2D eigenvalue weighted by molar-refractivity contribution is 9.10. The molecule has 1 aromatic heterocycles. The standard InChI is InChI=1S/C15H13BrN2O2S/c1-20-15(19)7-12-4-5-13(21-12)9-18-14-6-11(16)3-2-10(14)8-17/h2-6,18H,7,9H2,1H3. The summed E-state index contributed by atoms with van der Waals surface area (Å²) in [4.78, 5) is 13.3. The lowest BCUT2D eigenvalue weighted by molar-refractivity contribution is -0.139. The Kier molecular flexibility index (Phi) is 5.37. The summed E-state index contributed by atoms with van der Waals surface area (Å²) in [5.74, 6) is -0.241. The summed E-state index contributed by atoms with van der Waals surface area (Å²) in [6, 6.07) is 11.5. The number of nitriles is 1. The van der Waals surface area contributed by atoms with E-state index in [2.05, 4.69) is 32.1 Å². The van der Waals surface area contributed by atoms with E-state index in [1.807, 2.05) is 24.3 Å². The summed E-state index contributed by atoms with van der Waals surface area (Å²) in [6.07, 6.45) is 0.293. The van der Waals surface area contributed by atoms with Gasteiger partial charge >= 0.3 is 5.97 Å². The molecule has 2 aromatic rings. The van der Waals surface area contributed by atoms with Crippen LogP contribution in [0.25, 0.3) is 0 Å². The van der Waals surface area contributed by atoms with Gasteiger partial charge in [0.2, 0.25) is 0 Å². The maximum atomic E-state index is 11.2. The fourth-order valence-corrected chi connectivity index (χ4v) is 3.07. The molecule has 6 heteroatoms. The van der Waals surface area contributed by atoms with Gasteiger partial charge in [0.05, 0.1) is 24.8 Å². The van der Waals surface area contributed by atoms with Crippen molar-refractivity contribution in [1.29, 1.82) is 5.26 Å². The minimum absolute atomic E-state index is 0.241. The highest BCUT2D eigenvalue weighted by Crippen LogP contribution is 2.23. The van der Waals surface area contributed by atoms with Gasteiger partial charge in [-0.3, -0.25) is 4.79 Å². The Balaban J connectivity index is 2.02. The lowest BCUT2D eigenvalue weighted by Gasteiger charge is -2.07. The van der Waals surface area contributed by atoms with Gasteiger partial charge in [-0.15, -0.1) is 11.3 Å². The fourth-order valence-electron chi connectivity index (χ4n) is 1.77. The second kappa shape index (κ2) is 7.25. The van der Waals surface area contributed by atoms with Crippen LogP contribution in [0.15, 0.2) is 34.8 Å². The number of hydrogen-bond acceptors (Lipinski definition) is 5. The zero-order chi connectivity index (χ0) is 15.2. The molecule has 0 saturated heterocycles. The second-order valence-electron chi connectivity index (χ2n) is 4.28. The van der Waals surface area contributed by atoms with Crippen LogP contribution >= 0.6 is 27.3 Å². The second-order valence-corrected chi connectivity index (χ2v) is 6.44.